The highest BCUT2D eigenvalue weighted by molar-refractivity contribution is 7.70. The first-order valence-electron chi connectivity index (χ1n) is 8.73. The van der Waals surface area contributed by atoms with Crippen LogP contribution < -0.4 is 5.30 Å². The van der Waals surface area contributed by atoms with Gasteiger partial charge in [0.2, 0.25) is 0 Å². The Labute approximate surface area is 144 Å². The van der Waals surface area contributed by atoms with Gasteiger partial charge in [0.05, 0.1) is 0 Å². The first-order valence-corrected chi connectivity index (χ1v) is 11.3. The molecule has 24 heavy (non-hydrogen) atoms. The van der Waals surface area contributed by atoms with Crippen molar-refractivity contribution >= 4 is 23.2 Å². The van der Waals surface area contributed by atoms with E-state index in [0.717, 1.165) is 11.7 Å². The fourth-order valence-electron chi connectivity index (χ4n) is 3.89. The minimum Gasteiger partial charge on any atom is -0.319 e. The average Bonchev–Trinajstić information content (AvgIpc) is 2.59. The van der Waals surface area contributed by atoms with Crippen LogP contribution in [0, 0.1) is 0 Å². The molecule has 0 aromatic heterocycles. The molecule has 0 saturated heterocycles. The Morgan fingerprint density at radius 1 is 0.875 bits per heavy atom. The second-order valence-electron chi connectivity index (χ2n) is 7.22. The summed E-state index contributed by atoms with van der Waals surface area (Å²) in [7, 11) is -2.20. The van der Waals surface area contributed by atoms with Crippen LogP contribution in [0.4, 0.5) is 0 Å². The molecule has 3 aromatic carbocycles. The van der Waals surface area contributed by atoms with E-state index in [1.165, 1.54) is 52.3 Å². The molecule has 4 rings (SSSR count). The summed E-state index contributed by atoms with van der Waals surface area (Å²) in [4.78, 5) is 0. The maximum Gasteiger partial charge on any atom is 0.109 e. The Kier molecular flexibility index (Phi) is 3.85. The van der Waals surface area contributed by atoms with Crippen molar-refractivity contribution in [3.05, 3.63) is 65.7 Å². The molecule has 0 heterocycles. The molecular weight excluding hydrogens is 311 g/mol. The lowest BCUT2D eigenvalue weighted by molar-refractivity contribution is 0.588. The van der Waals surface area contributed by atoms with Crippen LogP contribution in [0.1, 0.15) is 24.0 Å². The van der Waals surface area contributed by atoms with Crippen molar-refractivity contribution in [2.75, 3.05) is 13.3 Å². The lowest BCUT2D eigenvalue weighted by Crippen LogP contribution is -2.06. The third kappa shape index (κ3) is 2.72. The molecular formula is C22H23OP. The van der Waals surface area contributed by atoms with Crippen LogP contribution in [0.2, 0.25) is 0 Å². The van der Waals surface area contributed by atoms with Gasteiger partial charge >= 0.3 is 0 Å². The molecule has 0 atom stereocenters. The van der Waals surface area contributed by atoms with Crippen molar-refractivity contribution in [1.29, 1.82) is 0 Å². The van der Waals surface area contributed by atoms with E-state index in [1.807, 2.05) is 25.5 Å². The summed E-state index contributed by atoms with van der Waals surface area (Å²) in [6.07, 6.45) is 4.91. The van der Waals surface area contributed by atoms with Gasteiger partial charge in [-0.2, -0.15) is 0 Å². The van der Waals surface area contributed by atoms with Gasteiger partial charge in [-0.25, -0.2) is 0 Å². The Bertz CT molecular complexity index is 948. The summed E-state index contributed by atoms with van der Waals surface area (Å²) in [6, 6.07) is 19.5. The van der Waals surface area contributed by atoms with Crippen molar-refractivity contribution in [3.8, 4) is 11.1 Å². The molecule has 1 aliphatic rings. The SMILES string of the molecule is CP(C)(=O)c1ccc(-c2c3c(cc4ccccc24)CCCC3)cc1. The van der Waals surface area contributed by atoms with Crippen LogP contribution in [0.25, 0.3) is 21.9 Å². The largest absolute Gasteiger partial charge is 0.319 e. The third-order valence-electron chi connectivity index (χ3n) is 5.15. The molecule has 0 fully saturated rings. The minimum atomic E-state index is -2.20. The van der Waals surface area contributed by atoms with E-state index in [4.69, 9.17) is 0 Å². The van der Waals surface area contributed by atoms with E-state index in [9.17, 15) is 4.57 Å². The molecule has 122 valence electrons. The van der Waals surface area contributed by atoms with Gasteiger partial charge in [0.25, 0.3) is 0 Å². The molecule has 0 amide bonds. The van der Waals surface area contributed by atoms with Gasteiger partial charge < -0.3 is 4.57 Å². The zero-order valence-electron chi connectivity index (χ0n) is 14.4. The number of aryl methyl sites for hydroxylation is 1. The van der Waals surface area contributed by atoms with E-state index in [2.05, 4.69) is 42.5 Å². The number of hydrogen-bond donors (Lipinski definition) is 0. The lowest BCUT2D eigenvalue weighted by Gasteiger charge is -2.22. The first kappa shape index (κ1) is 15.7. The van der Waals surface area contributed by atoms with E-state index >= 15 is 0 Å². The Hall–Kier alpha value is -1.85. The van der Waals surface area contributed by atoms with Crippen LogP contribution in [0.5, 0.6) is 0 Å². The molecule has 2 heteroatoms. The van der Waals surface area contributed by atoms with Gasteiger partial charge in [-0.05, 0) is 72.0 Å². The van der Waals surface area contributed by atoms with Crippen LogP contribution in [-0.4, -0.2) is 13.3 Å². The summed E-state index contributed by atoms with van der Waals surface area (Å²) >= 11 is 0. The van der Waals surface area contributed by atoms with Gasteiger partial charge in [0, 0.05) is 5.30 Å². The molecule has 0 aliphatic heterocycles. The highest BCUT2D eigenvalue weighted by atomic mass is 31.2. The van der Waals surface area contributed by atoms with E-state index < -0.39 is 7.14 Å². The van der Waals surface area contributed by atoms with Gasteiger partial charge in [0.15, 0.2) is 0 Å². The average molecular weight is 334 g/mol. The Morgan fingerprint density at radius 3 is 2.33 bits per heavy atom. The molecule has 0 N–H and O–H groups in total. The third-order valence-corrected chi connectivity index (χ3v) is 6.69. The predicted molar refractivity (Wildman–Crippen MR) is 105 cm³/mol. The zero-order chi connectivity index (χ0) is 16.7. The second-order valence-corrected chi connectivity index (χ2v) is 10.4. The maximum atomic E-state index is 12.3. The molecule has 0 unspecified atom stereocenters. The predicted octanol–water partition coefficient (Wildman–Crippen LogP) is 5.63. The molecule has 0 bridgehead atoms. The van der Waals surface area contributed by atoms with Gasteiger partial charge in [-0.15, -0.1) is 0 Å². The van der Waals surface area contributed by atoms with Crippen molar-refractivity contribution in [2.45, 2.75) is 25.7 Å². The fourth-order valence-corrected chi connectivity index (χ4v) is 4.76. The highest BCUT2D eigenvalue weighted by Gasteiger charge is 2.18. The van der Waals surface area contributed by atoms with Gasteiger partial charge in [-0.3, -0.25) is 0 Å². The molecule has 1 nitrogen and oxygen atoms in total. The van der Waals surface area contributed by atoms with Gasteiger partial charge in [-0.1, -0.05) is 54.6 Å². The summed E-state index contributed by atoms with van der Waals surface area (Å²) in [5.41, 5.74) is 5.66. The molecule has 0 saturated carbocycles. The maximum absolute atomic E-state index is 12.3. The summed E-state index contributed by atoms with van der Waals surface area (Å²) in [6.45, 7) is 3.67. The van der Waals surface area contributed by atoms with Crippen molar-refractivity contribution in [3.63, 3.8) is 0 Å². The summed E-state index contributed by atoms with van der Waals surface area (Å²) in [5, 5.41) is 3.62. The smallest absolute Gasteiger partial charge is 0.109 e. The molecule has 1 aliphatic carbocycles. The number of fused-ring (bicyclic) bond motifs is 2. The van der Waals surface area contributed by atoms with Gasteiger partial charge in [0.1, 0.15) is 7.14 Å². The topological polar surface area (TPSA) is 17.1 Å². The van der Waals surface area contributed by atoms with Crippen molar-refractivity contribution < 1.29 is 4.57 Å². The van der Waals surface area contributed by atoms with E-state index in [-0.39, 0.29) is 0 Å². The Balaban J connectivity index is 1.96. The summed E-state index contributed by atoms with van der Waals surface area (Å²) < 4.78 is 12.3. The number of rotatable bonds is 2. The number of benzene rings is 3. The van der Waals surface area contributed by atoms with Crippen molar-refractivity contribution in [2.24, 2.45) is 0 Å². The Morgan fingerprint density at radius 2 is 1.58 bits per heavy atom. The van der Waals surface area contributed by atoms with Crippen LogP contribution >= 0.6 is 7.14 Å². The molecule has 0 spiro atoms. The number of hydrogen-bond acceptors (Lipinski definition) is 1. The van der Waals surface area contributed by atoms with E-state index in [0.29, 0.717) is 0 Å². The zero-order valence-corrected chi connectivity index (χ0v) is 15.3. The second kappa shape index (κ2) is 5.90. The van der Waals surface area contributed by atoms with Crippen LogP contribution in [0.3, 0.4) is 0 Å². The first-order chi connectivity index (χ1) is 11.5. The highest BCUT2D eigenvalue weighted by Crippen LogP contribution is 2.39. The van der Waals surface area contributed by atoms with Crippen LogP contribution in [-0.2, 0) is 17.4 Å². The normalized spacial score (nSPS) is 14.6. The van der Waals surface area contributed by atoms with E-state index in [1.54, 1.807) is 0 Å². The van der Waals surface area contributed by atoms with Crippen molar-refractivity contribution in [1.82, 2.24) is 0 Å². The van der Waals surface area contributed by atoms with Crippen LogP contribution in [0.15, 0.2) is 54.6 Å². The fraction of sp³-hybridized carbons (Fsp3) is 0.273. The minimum absolute atomic E-state index is 0.959. The molecule has 0 radical (unpaired) electrons. The summed E-state index contributed by atoms with van der Waals surface area (Å²) in [5.74, 6) is 0. The molecule has 3 aromatic rings. The lowest BCUT2D eigenvalue weighted by atomic mass is 9.83. The quantitative estimate of drug-likeness (QED) is 0.555. The standard InChI is InChI=1S/C22H23OP/c1-24(2,23)19-13-11-16(12-14-19)22-20-9-5-3-7-17(20)15-18-8-4-6-10-21(18)22/h3,5,7,9,11-15H,4,6,8,10H2,1-2H3. The monoisotopic (exact) mass is 334 g/mol.